The third-order valence-electron chi connectivity index (χ3n) is 3.34. The maximum Gasteiger partial charge on any atom is 0.416 e. The number of alkyl halides is 3. The van der Waals surface area contributed by atoms with Gasteiger partial charge in [-0.15, -0.1) is 0 Å². The third kappa shape index (κ3) is 5.58. The Kier molecular flexibility index (Phi) is 6.41. The molecule has 28 heavy (non-hydrogen) atoms. The van der Waals surface area contributed by atoms with Crippen LogP contribution in [0.1, 0.15) is 11.1 Å². The lowest BCUT2D eigenvalue weighted by atomic mass is 10.1. The van der Waals surface area contributed by atoms with Crippen LogP contribution in [0.2, 0.25) is 5.02 Å². The number of rotatable bonds is 6. The first-order chi connectivity index (χ1) is 13.1. The fourth-order valence-electron chi connectivity index (χ4n) is 2.03. The SMILES string of the molecule is O=C(CNc1ccc(C(F)(F)F)cc1[N+](=O)[O-])N/N=C\c1cc(Cl)ccc1O. The molecule has 0 spiro atoms. The van der Waals surface area contributed by atoms with Gasteiger partial charge in [0.25, 0.3) is 11.6 Å². The Morgan fingerprint density at radius 3 is 2.64 bits per heavy atom. The van der Waals surface area contributed by atoms with Gasteiger partial charge in [0.05, 0.1) is 23.2 Å². The lowest BCUT2D eigenvalue weighted by Crippen LogP contribution is -2.26. The van der Waals surface area contributed by atoms with Crippen molar-refractivity contribution in [2.24, 2.45) is 5.10 Å². The van der Waals surface area contributed by atoms with Gasteiger partial charge in [-0.2, -0.15) is 18.3 Å². The molecule has 0 aliphatic carbocycles. The molecule has 0 saturated carbocycles. The molecule has 2 aromatic carbocycles. The van der Waals surface area contributed by atoms with Gasteiger partial charge in [0.1, 0.15) is 11.4 Å². The molecule has 0 atom stereocenters. The van der Waals surface area contributed by atoms with E-state index < -0.39 is 34.8 Å². The summed E-state index contributed by atoms with van der Waals surface area (Å²) in [5, 5.41) is 26.9. The number of benzene rings is 2. The number of aromatic hydroxyl groups is 1. The van der Waals surface area contributed by atoms with Crippen LogP contribution >= 0.6 is 11.6 Å². The number of amides is 1. The Morgan fingerprint density at radius 2 is 2.00 bits per heavy atom. The van der Waals surface area contributed by atoms with Crippen LogP contribution in [0.3, 0.4) is 0 Å². The first-order valence-electron chi connectivity index (χ1n) is 7.48. The number of anilines is 1. The minimum Gasteiger partial charge on any atom is -0.507 e. The molecule has 2 aromatic rings. The summed E-state index contributed by atoms with van der Waals surface area (Å²) in [5.74, 6) is -0.854. The third-order valence-corrected chi connectivity index (χ3v) is 3.58. The molecule has 0 radical (unpaired) electrons. The predicted octanol–water partition coefficient (Wildman–Crippen LogP) is 3.53. The standard InChI is InChI=1S/C16H12ClF3N4O4/c17-11-2-4-14(25)9(5-11)7-22-23-15(26)8-21-12-3-1-10(16(18,19)20)6-13(12)24(27)28/h1-7,21,25H,8H2,(H,23,26)/b22-7-. The Hall–Kier alpha value is -3.34. The van der Waals surface area contributed by atoms with Crippen LogP contribution in [-0.2, 0) is 11.0 Å². The molecule has 148 valence electrons. The summed E-state index contributed by atoms with van der Waals surface area (Å²) in [6, 6.07) is 6.08. The van der Waals surface area contributed by atoms with Crippen LogP contribution in [0.4, 0.5) is 24.5 Å². The van der Waals surface area contributed by atoms with Crippen molar-refractivity contribution in [1.29, 1.82) is 0 Å². The molecule has 3 N–H and O–H groups in total. The zero-order valence-electron chi connectivity index (χ0n) is 13.8. The number of carbonyl (C=O) groups is 1. The molecule has 0 aromatic heterocycles. The van der Waals surface area contributed by atoms with E-state index in [1.165, 1.54) is 18.2 Å². The van der Waals surface area contributed by atoms with Gasteiger partial charge in [0.15, 0.2) is 0 Å². The Morgan fingerprint density at radius 1 is 1.29 bits per heavy atom. The van der Waals surface area contributed by atoms with E-state index in [9.17, 15) is 33.2 Å². The van der Waals surface area contributed by atoms with Gasteiger partial charge in [-0.3, -0.25) is 14.9 Å². The highest BCUT2D eigenvalue weighted by atomic mass is 35.5. The monoisotopic (exact) mass is 416 g/mol. The average molecular weight is 417 g/mol. The predicted molar refractivity (Wildman–Crippen MR) is 95.4 cm³/mol. The van der Waals surface area contributed by atoms with Crippen molar-refractivity contribution in [3.05, 3.63) is 62.7 Å². The molecule has 0 heterocycles. The van der Waals surface area contributed by atoms with Crippen LogP contribution in [0.5, 0.6) is 5.75 Å². The number of nitro groups is 1. The molecule has 0 aliphatic rings. The first-order valence-corrected chi connectivity index (χ1v) is 7.85. The number of hydrazone groups is 1. The number of phenolic OH excluding ortho intramolecular Hbond substituents is 1. The van der Waals surface area contributed by atoms with Gasteiger partial charge in [0, 0.05) is 16.7 Å². The van der Waals surface area contributed by atoms with Crippen molar-refractivity contribution in [1.82, 2.24) is 5.43 Å². The molecule has 0 unspecified atom stereocenters. The Bertz CT molecular complexity index is 935. The molecular formula is C16H12ClF3N4O4. The van der Waals surface area contributed by atoms with E-state index in [4.69, 9.17) is 11.6 Å². The highest BCUT2D eigenvalue weighted by Gasteiger charge is 2.33. The van der Waals surface area contributed by atoms with Crippen molar-refractivity contribution in [3.8, 4) is 5.75 Å². The maximum absolute atomic E-state index is 12.7. The highest BCUT2D eigenvalue weighted by molar-refractivity contribution is 6.30. The largest absolute Gasteiger partial charge is 0.507 e. The molecule has 8 nitrogen and oxygen atoms in total. The molecule has 12 heteroatoms. The van der Waals surface area contributed by atoms with Gasteiger partial charge in [-0.1, -0.05) is 11.6 Å². The lowest BCUT2D eigenvalue weighted by molar-refractivity contribution is -0.384. The number of phenols is 1. The number of halogens is 4. The number of nitro benzene ring substituents is 1. The zero-order chi connectivity index (χ0) is 20.9. The second-order valence-electron chi connectivity index (χ2n) is 5.34. The minimum absolute atomic E-state index is 0.124. The fourth-order valence-corrected chi connectivity index (χ4v) is 2.21. The van der Waals surface area contributed by atoms with E-state index in [-0.39, 0.29) is 17.0 Å². The van der Waals surface area contributed by atoms with Crippen LogP contribution in [-0.4, -0.2) is 28.7 Å². The van der Waals surface area contributed by atoms with E-state index in [0.29, 0.717) is 17.2 Å². The first kappa shape index (κ1) is 21.0. The van der Waals surface area contributed by atoms with E-state index in [2.05, 4.69) is 15.8 Å². The number of hydrogen-bond donors (Lipinski definition) is 3. The van der Waals surface area contributed by atoms with Gasteiger partial charge in [-0.05, 0) is 30.3 Å². The average Bonchev–Trinajstić information content (AvgIpc) is 2.61. The van der Waals surface area contributed by atoms with Crippen LogP contribution < -0.4 is 10.7 Å². The van der Waals surface area contributed by atoms with E-state index >= 15 is 0 Å². The summed E-state index contributed by atoms with van der Waals surface area (Å²) in [5.41, 5.74) is 0.0675. The second-order valence-corrected chi connectivity index (χ2v) is 5.77. The number of nitrogens with zero attached hydrogens (tertiary/aromatic N) is 2. The molecule has 2 rings (SSSR count). The summed E-state index contributed by atoms with van der Waals surface area (Å²) in [6.45, 7) is -0.495. The Balaban J connectivity index is 2.01. The van der Waals surface area contributed by atoms with E-state index in [1.807, 2.05) is 0 Å². The van der Waals surface area contributed by atoms with Crippen molar-refractivity contribution >= 4 is 35.1 Å². The van der Waals surface area contributed by atoms with Crippen LogP contribution in [0, 0.1) is 10.1 Å². The summed E-state index contributed by atoms with van der Waals surface area (Å²) >= 11 is 5.76. The minimum atomic E-state index is -4.73. The fraction of sp³-hybridized carbons (Fsp3) is 0.125. The smallest absolute Gasteiger partial charge is 0.416 e. The normalized spacial score (nSPS) is 11.4. The molecule has 0 bridgehead atoms. The maximum atomic E-state index is 12.7. The van der Waals surface area contributed by atoms with Crippen molar-refractivity contribution < 1.29 is 28.0 Å². The molecule has 0 aliphatic heterocycles. The summed E-state index contributed by atoms with van der Waals surface area (Å²) in [6.07, 6.45) is -3.61. The van der Waals surface area contributed by atoms with Gasteiger partial charge >= 0.3 is 6.18 Å². The Labute approximate surface area is 160 Å². The molecule has 0 fully saturated rings. The van der Waals surface area contributed by atoms with Crippen molar-refractivity contribution in [2.75, 3.05) is 11.9 Å². The summed E-state index contributed by atoms with van der Waals surface area (Å²) in [7, 11) is 0. The van der Waals surface area contributed by atoms with Crippen molar-refractivity contribution in [2.45, 2.75) is 6.18 Å². The second kappa shape index (κ2) is 8.57. The summed E-state index contributed by atoms with van der Waals surface area (Å²) in [4.78, 5) is 21.7. The quantitative estimate of drug-likeness (QED) is 0.378. The van der Waals surface area contributed by atoms with E-state index in [0.717, 1.165) is 12.3 Å². The number of nitrogens with one attached hydrogen (secondary N) is 2. The lowest BCUT2D eigenvalue weighted by Gasteiger charge is -2.10. The van der Waals surface area contributed by atoms with Gasteiger partial charge < -0.3 is 10.4 Å². The molecular weight excluding hydrogens is 405 g/mol. The zero-order valence-corrected chi connectivity index (χ0v) is 14.6. The highest BCUT2D eigenvalue weighted by Crippen LogP contribution is 2.34. The molecule has 0 saturated heterocycles. The number of hydrogen-bond acceptors (Lipinski definition) is 6. The summed E-state index contributed by atoms with van der Waals surface area (Å²) < 4.78 is 38.0. The molecule has 1 amide bonds. The van der Waals surface area contributed by atoms with Gasteiger partial charge in [-0.25, -0.2) is 5.43 Å². The topological polar surface area (TPSA) is 117 Å². The van der Waals surface area contributed by atoms with Gasteiger partial charge in [0.2, 0.25) is 0 Å². The van der Waals surface area contributed by atoms with Crippen LogP contribution in [0.25, 0.3) is 0 Å². The van der Waals surface area contributed by atoms with Crippen molar-refractivity contribution in [3.63, 3.8) is 0 Å². The van der Waals surface area contributed by atoms with Crippen LogP contribution in [0.15, 0.2) is 41.5 Å². The van der Waals surface area contributed by atoms with E-state index in [1.54, 1.807) is 0 Å². The number of carbonyl (C=O) groups excluding carboxylic acids is 1.